The Labute approximate surface area is 201 Å². The quantitative estimate of drug-likeness (QED) is 0.251. The number of rotatable bonds is 2. The van der Waals surface area contributed by atoms with Crippen molar-refractivity contribution in [2.24, 2.45) is 56.2 Å². The highest BCUT2D eigenvalue weighted by Gasteiger charge is 2.71. The molecule has 3 nitrogen and oxygen atoms in total. The lowest BCUT2D eigenvalue weighted by molar-refractivity contribution is -0.227. The number of hydrogen-bond donors (Lipinski definition) is 0. The van der Waals surface area contributed by atoms with Crippen molar-refractivity contribution in [2.75, 3.05) is 0 Å². The van der Waals surface area contributed by atoms with Crippen molar-refractivity contribution in [1.82, 2.24) is 0 Å². The molecule has 5 saturated carbocycles. The maximum absolute atomic E-state index is 12.9. The Kier molecular flexibility index (Phi) is 5.10. The van der Waals surface area contributed by atoms with Crippen molar-refractivity contribution in [3.63, 3.8) is 0 Å². The van der Waals surface area contributed by atoms with Crippen molar-refractivity contribution in [1.29, 1.82) is 0 Å². The number of fused-ring (bicyclic) bond motifs is 7. The zero-order chi connectivity index (χ0) is 24.0. The lowest BCUT2D eigenvalue weighted by atomic mass is 9.32. The molecule has 0 radical (unpaired) electrons. The van der Waals surface area contributed by atoms with E-state index >= 15 is 0 Å². The van der Waals surface area contributed by atoms with Gasteiger partial charge in [-0.1, -0.05) is 46.8 Å². The molecule has 0 saturated heterocycles. The van der Waals surface area contributed by atoms with Gasteiger partial charge in [-0.2, -0.15) is 4.99 Å². The fourth-order valence-corrected chi connectivity index (χ4v) is 11.2. The first-order valence-electron chi connectivity index (χ1n) is 13.7. The van der Waals surface area contributed by atoms with Gasteiger partial charge >= 0.3 is 0 Å². The van der Waals surface area contributed by atoms with Gasteiger partial charge in [0, 0.05) is 11.8 Å². The summed E-state index contributed by atoms with van der Waals surface area (Å²) in [6, 6.07) is 0. The summed E-state index contributed by atoms with van der Waals surface area (Å²) >= 11 is 0. The number of carbonyl (C=O) groups is 1. The van der Waals surface area contributed by atoms with Gasteiger partial charge in [0.25, 0.3) is 0 Å². The van der Waals surface area contributed by atoms with Crippen molar-refractivity contribution >= 4 is 11.9 Å². The lowest BCUT2D eigenvalue weighted by Crippen LogP contribution is -2.66. The van der Waals surface area contributed by atoms with E-state index in [-0.39, 0.29) is 27.2 Å². The standard InChI is InChI=1S/C30H45NO2/c1-19(2)20-10-15-30(31-18-32)17-16-28(6)21(25(20)30)8-9-23-27(5)13-12-24(33)26(3,4)22(27)11-14-29(23,28)7/h20-23,25H,1,8-17H2,2-7H3/t20?,21?,22?,23?,25?,27-,28-,29+,30-/m0/s1. The molecular formula is C30H45NO2. The van der Waals surface area contributed by atoms with Gasteiger partial charge in [-0.05, 0) is 111 Å². The molecule has 5 unspecified atom stereocenters. The molecular weight excluding hydrogens is 406 g/mol. The van der Waals surface area contributed by atoms with Crippen LogP contribution in [-0.2, 0) is 9.59 Å². The molecule has 0 aromatic rings. The summed E-state index contributed by atoms with van der Waals surface area (Å²) in [6.07, 6.45) is 13.1. The topological polar surface area (TPSA) is 46.5 Å². The van der Waals surface area contributed by atoms with Crippen LogP contribution in [0.2, 0.25) is 0 Å². The molecule has 0 N–H and O–H groups in total. The third-order valence-electron chi connectivity index (χ3n) is 13.0. The van der Waals surface area contributed by atoms with Gasteiger partial charge in [0.1, 0.15) is 5.78 Å². The van der Waals surface area contributed by atoms with E-state index in [4.69, 9.17) is 0 Å². The minimum atomic E-state index is -0.209. The Morgan fingerprint density at radius 2 is 1.64 bits per heavy atom. The molecule has 9 atom stereocenters. The second-order valence-electron chi connectivity index (χ2n) is 14.1. The molecule has 0 amide bonds. The van der Waals surface area contributed by atoms with Crippen molar-refractivity contribution in [3.05, 3.63) is 12.2 Å². The van der Waals surface area contributed by atoms with E-state index in [1.54, 1.807) is 0 Å². The molecule has 5 rings (SSSR count). The van der Waals surface area contributed by atoms with Crippen molar-refractivity contribution in [2.45, 2.75) is 111 Å². The van der Waals surface area contributed by atoms with E-state index in [1.165, 1.54) is 37.7 Å². The highest BCUT2D eigenvalue weighted by molar-refractivity contribution is 5.85. The Hall–Kier alpha value is -1.21. The molecule has 0 bridgehead atoms. The second-order valence-corrected chi connectivity index (χ2v) is 14.1. The van der Waals surface area contributed by atoms with Crippen LogP contribution in [0, 0.1) is 51.2 Å². The van der Waals surface area contributed by atoms with Crippen LogP contribution >= 0.6 is 0 Å². The summed E-state index contributed by atoms with van der Waals surface area (Å²) in [4.78, 5) is 29.1. The van der Waals surface area contributed by atoms with Gasteiger partial charge in [-0.15, -0.1) is 0 Å². The lowest BCUT2D eigenvalue weighted by Gasteiger charge is -2.72. The van der Waals surface area contributed by atoms with Crippen LogP contribution < -0.4 is 0 Å². The molecule has 5 aliphatic rings. The maximum atomic E-state index is 12.9. The SMILES string of the molecule is C=C(C)C1CC[C@]2(N=C=O)CC[C@@]3(C)C(CCC4[C@@]5(C)CCC(=O)C(C)(C)C5CC[C@]43C)C12. The number of carbonyl (C=O) groups excluding carboxylic acids is 2. The van der Waals surface area contributed by atoms with E-state index < -0.39 is 0 Å². The minimum absolute atomic E-state index is 0.191. The fraction of sp³-hybridized carbons (Fsp3) is 0.867. The van der Waals surface area contributed by atoms with Crippen LogP contribution in [0.25, 0.3) is 0 Å². The average Bonchev–Trinajstić information content (AvgIpc) is 3.12. The Morgan fingerprint density at radius 1 is 0.909 bits per heavy atom. The third-order valence-corrected chi connectivity index (χ3v) is 13.0. The molecule has 0 spiro atoms. The van der Waals surface area contributed by atoms with Crippen LogP contribution in [0.4, 0.5) is 0 Å². The number of aliphatic imine (C=N–C) groups is 1. The average molecular weight is 452 g/mol. The summed E-state index contributed by atoms with van der Waals surface area (Å²) < 4.78 is 0. The molecule has 0 aromatic heterocycles. The van der Waals surface area contributed by atoms with Gasteiger partial charge in [-0.3, -0.25) is 4.79 Å². The fourth-order valence-electron chi connectivity index (χ4n) is 11.2. The van der Waals surface area contributed by atoms with E-state index in [0.29, 0.717) is 35.4 Å². The number of nitrogens with zero attached hydrogens (tertiary/aromatic N) is 1. The summed E-state index contributed by atoms with van der Waals surface area (Å²) in [6.45, 7) is 18.8. The Balaban J connectivity index is 1.57. The summed E-state index contributed by atoms with van der Waals surface area (Å²) in [7, 11) is 0. The number of Topliss-reactive ketones (excluding diaryl/α,β-unsaturated/α-hetero) is 1. The molecule has 0 heterocycles. The first kappa shape index (κ1) is 23.5. The van der Waals surface area contributed by atoms with E-state index in [1.807, 2.05) is 6.08 Å². The van der Waals surface area contributed by atoms with Gasteiger partial charge in [0.05, 0.1) is 5.54 Å². The molecule has 33 heavy (non-hydrogen) atoms. The maximum Gasteiger partial charge on any atom is 0.235 e. The van der Waals surface area contributed by atoms with E-state index in [2.05, 4.69) is 53.1 Å². The van der Waals surface area contributed by atoms with Crippen molar-refractivity contribution < 1.29 is 9.59 Å². The highest BCUT2D eigenvalue weighted by atomic mass is 16.1. The van der Waals surface area contributed by atoms with Crippen LogP contribution in [0.15, 0.2) is 17.1 Å². The summed E-state index contributed by atoms with van der Waals surface area (Å²) in [5, 5.41) is 0. The van der Waals surface area contributed by atoms with Gasteiger partial charge < -0.3 is 0 Å². The number of hydrogen-bond acceptors (Lipinski definition) is 3. The molecule has 0 aliphatic heterocycles. The number of ketones is 1. The smallest absolute Gasteiger partial charge is 0.235 e. The minimum Gasteiger partial charge on any atom is -0.299 e. The zero-order valence-corrected chi connectivity index (χ0v) is 21.9. The molecule has 0 aromatic carbocycles. The number of isocyanates is 1. The Morgan fingerprint density at radius 3 is 2.30 bits per heavy atom. The van der Waals surface area contributed by atoms with Crippen molar-refractivity contribution in [3.8, 4) is 0 Å². The predicted octanol–water partition coefficient (Wildman–Crippen LogP) is 7.30. The van der Waals surface area contributed by atoms with E-state index in [9.17, 15) is 9.59 Å². The molecule has 5 fully saturated rings. The largest absolute Gasteiger partial charge is 0.299 e. The van der Waals surface area contributed by atoms with Gasteiger partial charge in [0.15, 0.2) is 0 Å². The summed E-state index contributed by atoms with van der Waals surface area (Å²) in [5.74, 6) is 3.16. The van der Waals surface area contributed by atoms with Gasteiger partial charge in [-0.25, -0.2) is 4.79 Å². The first-order chi connectivity index (χ1) is 15.4. The Bertz CT molecular complexity index is 930. The normalized spacial score (nSPS) is 52.5. The zero-order valence-electron chi connectivity index (χ0n) is 21.9. The predicted molar refractivity (Wildman–Crippen MR) is 132 cm³/mol. The van der Waals surface area contributed by atoms with Crippen LogP contribution in [0.1, 0.15) is 106 Å². The first-order valence-corrected chi connectivity index (χ1v) is 13.7. The second kappa shape index (κ2) is 7.16. The van der Waals surface area contributed by atoms with Gasteiger partial charge in [0.2, 0.25) is 6.08 Å². The summed E-state index contributed by atoms with van der Waals surface area (Å²) in [5.41, 5.74) is 1.65. The van der Waals surface area contributed by atoms with Crippen LogP contribution in [-0.4, -0.2) is 17.4 Å². The molecule has 5 aliphatic carbocycles. The monoisotopic (exact) mass is 451 g/mol. The highest BCUT2D eigenvalue weighted by Crippen LogP contribution is 2.76. The molecule has 182 valence electrons. The van der Waals surface area contributed by atoms with E-state index in [0.717, 1.165) is 32.1 Å². The third kappa shape index (κ3) is 2.78. The number of allylic oxidation sites excluding steroid dienone is 1. The molecule has 3 heteroatoms. The van der Waals surface area contributed by atoms with Crippen LogP contribution in [0.5, 0.6) is 0 Å². The van der Waals surface area contributed by atoms with Crippen LogP contribution in [0.3, 0.4) is 0 Å².